The molecule has 54 heavy (non-hydrogen) atoms. The van der Waals surface area contributed by atoms with Gasteiger partial charge in [-0.2, -0.15) is 0 Å². The van der Waals surface area contributed by atoms with Crippen LogP contribution in [0.3, 0.4) is 0 Å². The van der Waals surface area contributed by atoms with Crippen LogP contribution in [-0.4, -0.2) is 123 Å². The van der Waals surface area contributed by atoms with E-state index < -0.39 is 50.5 Å². The smallest absolute Gasteiger partial charge is 0.242 e. The number of nitrogens with one attached hydrogen (secondary N) is 5. The van der Waals surface area contributed by atoms with Gasteiger partial charge in [-0.3, -0.25) is 19.3 Å². The molecule has 1 heterocycles. The van der Waals surface area contributed by atoms with Gasteiger partial charge in [0.05, 0.1) is 48.2 Å². The van der Waals surface area contributed by atoms with Gasteiger partial charge in [-0.25, -0.2) is 8.42 Å². The lowest BCUT2D eigenvalue weighted by Gasteiger charge is -2.32. The fraction of sp³-hybridized carbons (Fsp3) is 0.744. The van der Waals surface area contributed by atoms with Crippen LogP contribution in [0.15, 0.2) is 30.3 Å². The van der Waals surface area contributed by atoms with Gasteiger partial charge in [0.15, 0.2) is 14.9 Å². The van der Waals surface area contributed by atoms with Crippen LogP contribution in [0.25, 0.3) is 0 Å². The highest BCUT2D eigenvalue weighted by atomic mass is 32.2. The summed E-state index contributed by atoms with van der Waals surface area (Å²) in [6, 6.07) is 7.55. The number of carbonyl (C=O) groups is 3. The Morgan fingerprint density at radius 1 is 0.963 bits per heavy atom. The number of thiocarbonyl (C=S) groups is 1. The average molecular weight is 795 g/mol. The van der Waals surface area contributed by atoms with Gasteiger partial charge in [-0.05, 0) is 76.6 Å². The normalized spacial score (nSPS) is 18.1. The number of aliphatic hydroxyl groups excluding tert-OH is 1. The third-order valence-corrected chi connectivity index (χ3v) is 13.5. The minimum absolute atomic E-state index is 0.168. The second-order valence-corrected chi connectivity index (χ2v) is 19.0. The maximum absolute atomic E-state index is 14.2. The van der Waals surface area contributed by atoms with Crippen molar-refractivity contribution in [3.63, 3.8) is 0 Å². The highest BCUT2D eigenvalue weighted by molar-refractivity contribution is 7.92. The Hall–Kier alpha value is -2.85. The topological polar surface area (TPSA) is 178 Å². The second-order valence-electron chi connectivity index (χ2n) is 15.8. The Labute approximate surface area is 328 Å². The number of hydrogen-bond donors (Lipinski definition) is 6. The minimum atomic E-state index is -3.69. The number of carbonyl (C=O) groups excluding carboxylic acids is 3. The molecule has 306 valence electrons. The lowest BCUT2D eigenvalue weighted by atomic mass is 9.83. The van der Waals surface area contributed by atoms with Gasteiger partial charge in [-0.1, -0.05) is 62.4 Å². The molecule has 1 saturated carbocycles. The van der Waals surface area contributed by atoms with Crippen LogP contribution in [0.5, 0.6) is 0 Å². The summed E-state index contributed by atoms with van der Waals surface area (Å²) >= 11 is 5.18. The standard InChI is InChI=1S/C39H66N6O7S2/c1-39(2,3)54(50,51)28-31(25-29-13-7-5-8-14-29)36(48)43-32(17-11-12-18-42-38(53)40-4)37(49)44-33(26-30-15-9-6-10-16-30)34(46)27-35(47)41-19-20-45-21-23-52-24-22-45/h5,7-8,13-14,30-34,46H,6,9-12,15-28H2,1-4H3,(H,41,47)(H,43,48)(H,44,49)(H2,40,42,53). The fourth-order valence-corrected chi connectivity index (χ4v) is 8.32. The molecule has 2 aliphatic rings. The summed E-state index contributed by atoms with van der Waals surface area (Å²) in [4.78, 5) is 43.5. The first-order chi connectivity index (χ1) is 25.7. The van der Waals surface area contributed by atoms with Crippen molar-refractivity contribution in [3.05, 3.63) is 35.9 Å². The Morgan fingerprint density at radius 2 is 1.65 bits per heavy atom. The molecule has 0 bridgehead atoms. The molecule has 1 aromatic carbocycles. The van der Waals surface area contributed by atoms with Crippen molar-refractivity contribution < 1.29 is 32.6 Å². The van der Waals surface area contributed by atoms with Gasteiger partial charge in [-0.15, -0.1) is 0 Å². The molecule has 13 nitrogen and oxygen atoms in total. The summed E-state index contributed by atoms with van der Waals surface area (Å²) in [5.41, 5.74) is 0.813. The lowest BCUT2D eigenvalue weighted by Crippen LogP contribution is -2.55. The van der Waals surface area contributed by atoms with Gasteiger partial charge in [0.2, 0.25) is 17.7 Å². The molecule has 1 aliphatic carbocycles. The number of amides is 3. The number of rotatable bonds is 21. The molecule has 3 rings (SSSR count). The van der Waals surface area contributed by atoms with E-state index in [1.807, 2.05) is 30.3 Å². The number of sulfone groups is 1. The summed E-state index contributed by atoms with van der Waals surface area (Å²) in [5, 5.41) is 26.8. The molecular weight excluding hydrogens is 729 g/mol. The van der Waals surface area contributed by atoms with Gasteiger partial charge >= 0.3 is 0 Å². The highest BCUT2D eigenvalue weighted by Crippen LogP contribution is 2.29. The van der Waals surface area contributed by atoms with Crippen LogP contribution in [0.4, 0.5) is 0 Å². The van der Waals surface area contributed by atoms with E-state index in [-0.39, 0.29) is 36.8 Å². The minimum Gasteiger partial charge on any atom is -0.390 e. The Morgan fingerprint density at radius 3 is 2.30 bits per heavy atom. The van der Waals surface area contributed by atoms with Crippen molar-refractivity contribution in [2.24, 2.45) is 11.8 Å². The molecule has 4 atom stereocenters. The van der Waals surface area contributed by atoms with E-state index in [0.717, 1.165) is 50.8 Å². The van der Waals surface area contributed by atoms with Crippen molar-refractivity contribution >= 4 is 44.9 Å². The van der Waals surface area contributed by atoms with E-state index >= 15 is 0 Å². The number of nitrogens with zero attached hydrogens (tertiary/aromatic N) is 1. The first-order valence-electron chi connectivity index (χ1n) is 19.8. The van der Waals surface area contributed by atoms with E-state index in [9.17, 15) is 27.9 Å². The summed E-state index contributed by atoms with van der Waals surface area (Å²) < 4.78 is 31.1. The van der Waals surface area contributed by atoms with Crippen LogP contribution in [0, 0.1) is 11.8 Å². The molecule has 4 unspecified atom stereocenters. The average Bonchev–Trinajstić information content (AvgIpc) is 3.14. The molecular formula is C39H66N6O7S2. The van der Waals surface area contributed by atoms with E-state index in [1.54, 1.807) is 27.8 Å². The molecule has 6 N–H and O–H groups in total. The molecule has 1 aliphatic heterocycles. The van der Waals surface area contributed by atoms with Crippen LogP contribution >= 0.6 is 12.2 Å². The molecule has 1 saturated heterocycles. The number of morpholine rings is 1. The number of hydrogen-bond acceptors (Lipinski definition) is 9. The quantitative estimate of drug-likeness (QED) is 0.0797. The van der Waals surface area contributed by atoms with E-state index in [2.05, 4.69) is 31.5 Å². The third-order valence-electron chi connectivity index (χ3n) is 10.5. The predicted molar refractivity (Wildman–Crippen MR) is 217 cm³/mol. The maximum Gasteiger partial charge on any atom is 0.242 e. The summed E-state index contributed by atoms with van der Waals surface area (Å²) in [7, 11) is -1.97. The van der Waals surface area contributed by atoms with Crippen molar-refractivity contribution in [2.75, 3.05) is 58.7 Å². The first kappa shape index (κ1) is 45.5. The molecule has 0 radical (unpaired) electrons. The zero-order valence-corrected chi connectivity index (χ0v) is 34.5. The Kier molecular flexibility index (Phi) is 19.6. The van der Waals surface area contributed by atoms with Gasteiger partial charge in [0, 0.05) is 39.8 Å². The van der Waals surface area contributed by atoms with Gasteiger partial charge < -0.3 is 36.4 Å². The molecule has 0 spiro atoms. The number of unbranched alkanes of at least 4 members (excludes halogenated alkanes) is 1. The zero-order chi connectivity index (χ0) is 39.6. The summed E-state index contributed by atoms with van der Waals surface area (Å²) in [5.74, 6) is -2.31. The van der Waals surface area contributed by atoms with Crippen molar-refractivity contribution in [1.82, 2.24) is 31.5 Å². The van der Waals surface area contributed by atoms with E-state index in [1.165, 1.54) is 0 Å². The molecule has 1 aromatic rings. The largest absolute Gasteiger partial charge is 0.390 e. The summed E-state index contributed by atoms with van der Waals surface area (Å²) in [6.45, 7) is 9.51. The van der Waals surface area contributed by atoms with Crippen LogP contribution in [0.2, 0.25) is 0 Å². The monoisotopic (exact) mass is 794 g/mol. The van der Waals surface area contributed by atoms with Crippen LogP contribution in [0.1, 0.15) is 90.5 Å². The third kappa shape index (κ3) is 16.5. The van der Waals surface area contributed by atoms with Crippen molar-refractivity contribution in [3.8, 4) is 0 Å². The van der Waals surface area contributed by atoms with E-state index in [4.69, 9.17) is 17.0 Å². The second kappa shape index (κ2) is 23.3. The zero-order valence-electron chi connectivity index (χ0n) is 32.9. The fourth-order valence-electron chi connectivity index (χ4n) is 6.92. The Balaban J connectivity index is 1.78. The predicted octanol–water partition coefficient (Wildman–Crippen LogP) is 2.46. The number of benzene rings is 1. The first-order valence-corrected chi connectivity index (χ1v) is 21.8. The molecule has 0 aromatic heterocycles. The molecule has 2 fully saturated rings. The molecule has 15 heteroatoms. The lowest BCUT2D eigenvalue weighted by molar-refractivity contribution is -0.132. The maximum atomic E-state index is 14.2. The van der Waals surface area contributed by atoms with E-state index in [0.29, 0.717) is 57.2 Å². The molecule has 3 amide bonds. The Bertz CT molecular complexity index is 1410. The van der Waals surface area contributed by atoms with Crippen molar-refractivity contribution in [2.45, 2.75) is 114 Å². The van der Waals surface area contributed by atoms with Gasteiger partial charge in [0.25, 0.3) is 0 Å². The van der Waals surface area contributed by atoms with Crippen molar-refractivity contribution in [1.29, 1.82) is 0 Å². The van der Waals surface area contributed by atoms with Gasteiger partial charge in [0.1, 0.15) is 6.04 Å². The number of ether oxygens (including phenoxy) is 1. The number of aliphatic hydroxyl groups is 1. The highest BCUT2D eigenvalue weighted by Gasteiger charge is 2.36. The van der Waals surface area contributed by atoms with Crippen LogP contribution in [-0.2, 0) is 35.4 Å². The summed E-state index contributed by atoms with van der Waals surface area (Å²) in [6.07, 6.45) is 6.17. The SMILES string of the molecule is CNC(=S)NCCCCC(NC(=O)C(Cc1ccccc1)CS(=O)(=O)C(C)(C)C)C(=O)NC(CC1CCCCC1)C(O)CC(=O)NCCN1CCOCC1. The van der Waals surface area contributed by atoms with Crippen LogP contribution < -0.4 is 26.6 Å².